The van der Waals surface area contributed by atoms with E-state index >= 15 is 0 Å². The highest BCUT2D eigenvalue weighted by Gasteiger charge is 2.08. The summed E-state index contributed by atoms with van der Waals surface area (Å²) in [6, 6.07) is 14.1. The van der Waals surface area contributed by atoms with Gasteiger partial charge in [-0.3, -0.25) is 5.10 Å². The number of ether oxygens (including phenoxy) is 1. The topological polar surface area (TPSA) is 37.9 Å². The van der Waals surface area contributed by atoms with E-state index < -0.39 is 0 Å². The maximum Gasteiger partial charge on any atom is 0.159 e. The van der Waals surface area contributed by atoms with Crippen LogP contribution >= 0.6 is 15.9 Å². The van der Waals surface area contributed by atoms with Gasteiger partial charge in [0, 0.05) is 5.39 Å². The molecule has 0 amide bonds. The summed E-state index contributed by atoms with van der Waals surface area (Å²) in [4.78, 5) is 0. The zero-order chi connectivity index (χ0) is 12.4. The Labute approximate surface area is 113 Å². The Kier molecular flexibility index (Phi) is 3.02. The minimum absolute atomic E-state index is 0.539. The lowest BCUT2D eigenvalue weighted by molar-refractivity contribution is 0.307. The van der Waals surface area contributed by atoms with Crippen molar-refractivity contribution in [2.24, 2.45) is 0 Å². The number of nitrogens with zero attached hydrogens (tertiary/aromatic N) is 1. The van der Waals surface area contributed by atoms with Crippen LogP contribution in [0.15, 0.2) is 53.1 Å². The lowest BCUT2D eigenvalue weighted by atomic mass is 10.2. The highest BCUT2D eigenvalue weighted by atomic mass is 79.9. The van der Waals surface area contributed by atoms with Crippen molar-refractivity contribution in [2.45, 2.75) is 6.61 Å². The summed E-state index contributed by atoms with van der Waals surface area (Å²) in [6.45, 7) is 0.539. The Morgan fingerprint density at radius 2 is 1.94 bits per heavy atom. The molecule has 1 heterocycles. The predicted molar refractivity (Wildman–Crippen MR) is 74.6 cm³/mol. The molecule has 3 rings (SSSR count). The lowest BCUT2D eigenvalue weighted by Gasteiger charge is -2.09. The second kappa shape index (κ2) is 4.82. The van der Waals surface area contributed by atoms with Crippen molar-refractivity contribution in [3.05, 3.63) is 58.7 Å². The van der Waals surface area contributed by atoms with Gasteiger partial charge in [0.15, 0.2) is 5.75 Å². The van der Waals surface area contributed by atoms with E-state index in [2.05, 4.69) is 26.1 Å². The first kappa shape index (κ1) is 11.3. The lowest BCUT2D eigenvalue weighted by Crippen LogP contribution is -1.96. The SMILES string of the molecule is Brc1ccc2cn[nH]c2c1OCc1ccccc1. The number of rotatable bonds is 3. The van der Waals surface area contributed by atoms with Crippen LogP contribution in [-0.2, 0) is 6.61 Å². The molecule has 0 bridgehead atoms. The standard InChI is InChI=1S/C14H11BrN2O/c15-12-7-6-11-8-16-17-13(11)14(12)18-9-10-4-2-1-3-5-10/h1-8H,9H2,(H,16,17). The number of aromatic nitrogens is 2. The van der Waals surface area contributed by atoms with Gasteiger partial charge in [0.2, 0.25) is 0 Å². The van der Waals surface area contributed by atoms with Crippen molar-refractivity contribution in [2.75, 3.05) is 0 Å². The van der Waals surface area contributed by atoms with Gasteiger partial charge in [-0.05, 0) is 33.6 Å². The van der Waals surface area contributed by atoms with E-state index in [9.17, 15) is 0 Å². The predicted octanol–water partition coefficient (Wildman–Crippen LogP) is 3.90. The Bertz CT molecular complexity index is 664. The molecule has 0 fully saturated rings. The molecule has 0 unspecified atom stereocenters. The molecule has 0 radical (unpaired) electrons. The number of hydrogen-bond acceptors (Lipinski definition) is 2. The summed E-state index contributed by atoms with van der Waals surface area (Å²) in [5, 5.41) is 8.04. The van der Waals surface area contributed by atoms with E-state index in [-0.39, 0.29) is 0 Å². The van der Waals surface area contributed by atoms with Crippen LogP contribution in [0.25, 0.3) is 10.9 Å². The van der Waals surface area contributed by atoms with E-state index in [0.717, 1.165) is 26.7 Å². The molecule has 0 spiro atoms. The summed E-state index contributed by atoms with van der Waals surface area (Å²) in [5.41, 5.74) is 2.06. The molecule has 2 aromatic carbocycles. The van der Waals surface area contributed by atoms with Gasteiger partial charge in [0.1, 0.15) is 12.1 Å². The molecule has 0 atom stereocenters. The van der Waals surface area contributed by atoms with Crippen LogP contribution in [0.4, 0.5) is 0 Å². The first-order chi connectivity index (χ1) is 8.84. The maximum absolute atomic E-state index is 5.88. The number of fused-ring (bicyclic) bond motifs is 1. The van der Waals surface area contributed by atoms with Crippen LogP contribution in [0.5, 0.6) is 5.75 Å². The molecule has 90 valence electrons. The van der Waals surface area contributed by atoms with Crippen molar-refractivity contribution in [3.63, 3.8) is 0 Å². The van der Waals surface area contributed by atoms with E-state index in [4.69, 9.17) is 4.74 Å². The molecule has 0 aliphatic rings. The largest absolute Gasteiger partial charge is 0.485 e. The average Bonchev–Trinajstić information content (AvgIpc) is 2.87. The van der Waals surface area contributed by atoms with E-state index in [1.807, 2.05) is 42.5 Å². The monoisotopic (exact) mass is 302 g/mol. The Hall–Kier alpha value is -1.81. The van der Waals surface area contributed by atoms with Gasteiger partial charge in [-0.2, -0.15) is 5.10 Å². The Balaban J connectivity index is 1.90. The van der Waals surface area contributed by atoms with Crippen LogP contribution in [-0.4, -0.2) is 10.2 Å². The molecule has 0 saturated carbocycles. The normalized spacial score (nSPS) is 10.7. The van der Waals surface area contributed by atoms with Gasteiger partial charge in [0.25, 0.3) is 0 Å². The van der Waals surface area contributed by atoms with Gasteiger partial charge in [-0.15, -0.1) is 0 Å². The van der Waals surface area contributed by atoms with Crippen LogP contribution < -0.4 is 4.74 Å². The minimum atomic E-state index is 0.539. The molecule has 4 heteroatoms. The summed E-state index contributed by atoms with van der Waals surface area (Å²) < 4.78 is 6.80. The van der Waals surface area contributed by atoms with Crippen LogP contribution in [0, 0.1) is 0 Å². The smallest absolute Gasteiger partial charge is 0.159 e. The zero-order valence-corrected chi connectivity index (χ0v) is 11.1. The molecular weight excluding hydrogens is 292 g/mol. The number of nitrogens with one attached hydrogen (secondary N) is 1. The molecule has 0 aliphatic heterocycles. The highest BCUT2D eigenvalue weighted by Crippen LogP contribution is 2.32. The van der Waals surface area contributed by atoms with E-state index in [1.54, 1.807) is 6.20 Å². The quantitative estimate of drug-likeness (QED) is 0.796. The van der Waals surface area contributed by atoms with Gasteiger partial charge in [-0.1, -0.05) is 30.3 Å². The number of halogens is 1. The Morgan fingerprint density at radius 3 is 2.78 bits per heavy atom. The second-order valence-electron chi connectivity index (χ2n) is 3.99. The van der Waals surface area contributed by atoms with Crippen LogP contribution in [0.3, 0.4) is 0 Å². The summed E-state index contributed by atoms with van der Waals surface area (Å²) in [6.07, 6.45) is 1.79. The van der Waals surface area contributed by atoms with Gasteiger partial charge in [-0.25, -0.2) is 0 Å². The second-order valence-corrected chi connectivity index (χ2v) is 4.84. The fourth-order valence-corrected chi connectivity index (χ4v) is 2.28. The van der Waals surface area contributed by atoms with E-state index in [1.165, 1.54) is 0 Å². The number of benzene rings is 2. The van der Waals surface area contributed by atoms with Crippen molar-refractivity contribution >= 4 is 26.8 Å². The van der Waals surface area contributed by atoms with Crippen molar-refractivity contribution in [3.8, 4) is 5.75 Å². The van der Waals surface area contributed by atoms with Crippen LogP contribution in [0.2, 0.25) is 0 Å². The molecule has 3 nitrogen and oxygen atoms in total. The van der Waals surface area contributed by atoms with E-state index in [0.29, 0.717) is 6.61 Å². The van der Waals surface area contributed by atoms with Crippen molar-refractivity contribution in [1.29, 1.82) is 0 Å². The first-order valence-electron chi connectivity index (χ1n) is 5.63. The third-order valence-electron chi connectivity index (χ3n) is 2.75. The number of aromatic amines is 1. The zero-order valence-electron chi connectivity index (χ0n) is 9.56. The molecule has 0 saturated heterocycles. The molecular formula is C14H11BrN2O. The number of hydrogen-bond donors (Lipinski definition) is 1. The average molecular weight is 303 g/mol. The summed E-state index contributed by atoms with van der Waals surface area (Å²) >= 11 is 3.50. The van der Waals surface area contributed by atoms with Crippen LogP contribution in [0.1, 0.15) is 5.56 Å². The fraction of sp³-hybridized carbons (Fsp3) is 0.0714. The highest BCUT2D eigenvalue weighted by molar-refractivity contribution is 9.10. The maximum atomic E-state index is 5.88. The molecule has 1 N–H and O–H groups in total. The van der Waals surface area contributed by atoms with Gasteiger partial charge >= 0.3 is 0 Å². The minimum Gasteiger partial charge on any atom is -0.485 e. The fourth-order valence-electron chi connectivity index (χ4n) is 1.83. The molecule has 3 aromatic rings. The molecule has 0 aliphatic carbocycles. The Morgan fingerprint density at radius 1 is 1.11 bits per heavy atom. The summed E-state index contributed by atoms with van der Waals surface area (Å²) in [5.74, 6) is 0.800. The third-order valence-corrected chi connectivity index (χ3v) is 3.37. The first-order valence-corrected chi connectivity index (χ1v) is 6.42. The van der Waals surface area contributed by atoms with Crippen molar-refractivity contribution < 1.29 is 4.74 Å². The van der Waals surface area contributed by atoms with Gasteiger partial charge in [0.05, 0.1) is 10.7 Å². The van der Waals surface area contributed by atoms with Crippen molar-refractivity contribution in [1.82, 2.24) is 10.2 Å². The number of H-pyrrole nitrogens is 1. The summed E-state index contributed by atoms with van der Waals surface area (Å²) in [7, 11) is 0. The molecule has 18 heavy (non-hydrogen) atoms. The van der Waals surface area contributed by atoms with Gasteiger partial charge < -0.3 is 4.74 Å². The third kappa shape index (κ3) is 2.11. The molecule has 1 aromatic heterocycles.